The topological polar surface area (TPSA) is 65.7 Å². The van der Waals surface area contributed by atoms with Crippen LogP contribution >= 0.6 is 11.3 Å². The minimum absolute atomic E-state index is 0.177. The van der Waals surface area contributed by atoms with Crippen LogP contribution in [0.3, 0.4) is 0 Å². The zero-order valence-corrected chi connectivity index (χ0v) is 17.4. The first-order valence-electron chi connectivity index (χ1n) is 9.66. The van der Waals surface area contributed by atoms with Gasteiger partial charge in [0.15, 0.2) is 5.82 Å². The van der Waals surface area contributed by atoms with E-state index in [1.807, 2.05) is 54.6 Å². The molecule has 0 saturated heterocycles. The van der Waals surface area contributed by atoms with Gasteiger partial charge < -0.3 is 9.47 Å². The Balaban J connectivity index is 1.58. The Morgan fingerprint density at radius 3 is 2.43 bits per heavy atom. The van der Waals surface area contributed by atoms with Gasteiger partial charge in [0, 0.05) is 5.56 Å². The zero-order valence-electron chi connectivity index (χ0n) is 16.6. The number of fused-ring (bicyclic) bond motifs is 1. The van der Waals surface area contributed by atoms with E-state index in [4.69, 9.17) is 9.47 Å². The lowest BCUT2D eigenvalue weighted by molar-refractivity contribution is 0.317. The molecule has 0 fully saturated rings. The van der Waals surface area contributed by atoms with E-state index in [2.05, 4.69) is 23.6 Å². The molecule has 0 aliphatic heterocycles. The molecule has 0 amide bonds. The van der Waals surface area contributed by atoms with Gasteiger partial charge >= 0.3 is 0 Å². The number of aromatic nitrogens is 3. The molecule has 0 atom stereocenters. The van der Waals surface area contributed by atoms with E-state index in [0.717, 1.165) is 29.0 Å². The van der Waals surface area contributed by atoms with E-state index >= 15 is 0 Å². The second kappa shape index (κ2) is 8.92. The molecule has 7 heteroatoms. The minimum Gasteiger partial charge on any atom is -0.494 e. The van der Waals surface area contributed by atoms with Crippen LogP contribution in [-0.4, -0.2) is 27.8 Å². The van der Waals surface area contributed by atoms with Gasteiger partial charge in [0.25, 0.3) is 5.56 Å². The molecular formula is C23H21N3O3S. The van der Waals surface area contributed by atoms with E-state index < -0.39 is 0 Å². The number of hydrogen-bond donors (Lipinski definition) is 0. The van der Waals surface area contributed by atoms with Crippen LogP contribution in [0.2, 0.25) is 0 Å². The Morgan fingerprint density at radius 2 is 1.77 bits per heavy atom. The van der Waals surface area contributed by atoms with Crippen molar-refractivity contribution >= 4 is 22.4 Å². The molecule has 0 spiro atoms. The molecule has 0 radical (unpaired) electrons. The van der Waals surface area contributed by atoms with Gasteiger partial charge in [-0.15, -0.1) is 5.10 Å². The number of nitrogens with zero attached hydrogens (tertiary/aromatic N) is 3. The molecule has 0 aliphatic carbocycles. The fraction of sp³-hybridized carbons (Fsp3) is 0.174. The normalized spacial score (nSPS) is 11.7. The average Bonchev–Trinajstić information content (AvgIpc) is 3.31. The molecule has 0 aliphatic rings. The molecule has 152 valence electrons. The summed E-state index contributed by atoms with van der Waals surface area (Å²) < 4.78 is 13.0. The molecule has 2 heterocycles. The van der Waals surface area contributed by atoms with E-state index in [9.17, 15) is 4.79 Å². The molecule has 0 bridgehead atoms. The predicted octanol–water partition coefficient (Wildman–Crippen LogP) is 3.72. The highest BCUT2D eigenvalue weighted by Crippen LogP contribution is 2.20. The molecule has 30 heavy (non-hydrogen) atoms. The Bertz CT molecular complexity index is 1260. The van der Waals surface area contributed by atoms with Crippen LogP contribution in [-0.2, 0) is 0 Å². The lowest BCUT2D eigenvalue weighted by Gasteiger charge is -2.04. The number of ether oxygens (including phenoxy) is 2. The van der Waals surface area contributed by atoms with Gasteiger partial charge in [-0.05, 0) is 54.5 Å². The highest BCUT2D eigenvalue weighted by molar-refractivity contribution is 7.15. The molecule has 2 aromatic carbocycles. The number of benzene rings is 2. The monoisotopic (exact) mass is 419 g/mol. The van der Waals surface area contributed by atoms with Gasteiger partial charge in [-0.3, -0.25) is 4.79 Å². The average molecular weight is 420 g/mol. The molecule has 4 aromatic rings. The first kappa shape index (κ1) is 19.8. The van der Waals surface area contributed by atoms with Crippen molar-refractivity contribution in [2.24, 2.45) is 0 Å². The molecule has 6 nitrogen and oxygen atoms in total. The van der Waals surface area contributed by atoms with Crippen molar-refractivity contribution in [1.82, 2.24) is 14.6 Å². The summed E-state index contributed by atoms with van der Waals surface area (Å²) in [5, 5.41) is 4.40. The molecule has 0 unspecified atom stereocenters. The van der Waals surface area contributed by atoms with Crippen molar-refractivity contribution < 1.29 is 9.47 Å². The van der Waals surface area contributed by atoms with Gasteiger partial charge in [0.2, 0.25) is 4.96 Å². The Labute approximate surface area is 177 Å². The minimum atomic E-state index is -0.177. The second-order valence-electron chi connectivity index (χ2n) is 6.59. The fourth-order valence-electron chi connectivity index (χ4n) is 2.84. The molecule has 0 saturated carbocycles. The van der Waals surface area contributed by atoms with Gasteiger partial charge in [0.1, 0.15) is 18.1 Å². The first-order chi connectivity index (χ1) is 14.7. The predicted molar refractivity (Wildman–Crippen MR) is 119 cm³/mol. The van der Waals surface area contributed by atoms with Crippen LogP contribution < -0.4 is 19.6 Å². The largest absolute Gasteiger partial charge is 0.494 e. The van der Waals surface area contributed by atoms with Crippen molar-refractivity contribution in [3.8, 4) is 22.9 Å². The SMILES string of the molecule is C=CCOc1ccc(/C=c2/sc3nc(-c4ccc(OCCC)cc4)nn3c2=O)cc1. The lowest BCUT2D eigenvalue weighted by Crippen LogP contribution is -2.23. The van der Waals surface area contributed by atoms with Gasteiger partial charge in [0.05, 0.1) is 11.1 Å². The summed E-state index contributed by atoms with van der Waals surface area (Å²) in [4.78, 5) is 17.8. The number of hydrogen-bond acceptors (Lipinski definition) is 6. The van der Waals surface area contributed by atoms with Crippen molar-refractivity contribution in [2.45, 2.75) is 13.3 Å². The van der Waals surface area contributed by atoms with Crippen LogP contribution in [0.25, 0.3) is 22.4 Å². The zero-order chi connectivity index (χ0) is 20.9. The van der Waals surface area contributed by atoms with Crippen LogP contribution in [0.1, 0.15) is 18.9 Å². The van der Waals surface area contributed by atoms with Crippen LogP contribution in [0.5, 0.6) is 11.5 Å². The highest BCUT2D eigenvalue weighted by atomic mass is 32.1. The Hall–Kier alpha value is -3.45. The maximum atomic E-state index is 12.7. The number of rotatable bonds is 8. The van der Waals surface area contributed by atoms with E-state index in [1.165, 1.54) is 15.9 Å². The third kappa shape index (κ3) is 4.26. The van der Waals surface area contributed by atoms with Crippen LogP contribution in [0, 0.1) is 0 Å². The molecule has 0 N–H and O–H groups in total. The summed E-state index contributed by atoms with van der Waals surface area (Å²) in [6, 6.07) is 15.1. The highest BCUT2D eigenvalue weighted by Gasteiger charge is 2.12. The number of thiazole rings is 1. The fourth-order valence-corrected chi connectivity index (χ4v) is 3.75. The summed E-state index contributed by atoms with van der Waals surface area (Å²) in [6.45, 7) is 6.83. The first-order valence-corrected chi connectivity index (χ1v) is 10.5. The summed E-state index contributed by atoms with van der Waals surface area (Å²) >= 11 is 1.32. The summed E-state index contributed by atoms with van der Waals surface area (Å²) in [5.41, 5.74) is 1.57. The third-order valence-corrected chi connectivity index (χ3v) is 5.27. The smallest absolute Gasteiger partial charge is 0.291 e. The van der Waals surface area contributed by atoms with Crippen molar-refractivity contribution in [3.05, 3.63) is 81.6 Å². The standard InChI is InChI=1S/C23H21N3O3S/c1-3-13-28-18-9-5-16(6-10-18)15-20-22(27)26-23(30-20)24-21(25-26)17-7-11-19(12-8-17)29-14-4-2/h3,5-12,15H,1,4,13-14H2,2H3/b20-15+. The lowest BCUT2D eigenvalue weighted by atomic mass is 10.2. The summed E-state index contributed by atoms with van der Waals surface area (Å²) in [5.74, 6) is 2.09. The van der Waals surface area contributed by atoms with Gasteiger partial charge in [-0.1, -0.05) is 43.0 Å². The van der Waals surface area contributed by atoms with E-state index in [-0.39, 0.29) is 5.56 Å². The second-order valence-corrected chi connectivity index (χ2v) is 7.60. The van der Waals surface area contributed by atoms with E-state index in [1.54, 1.807) is 6.08 Å². The Morgan fingerprint density at radius 1 is 1.07 bits per heavy atom. The van der Waals surface area contributed by atoms with Crippen molar-refractivity contribution in [1.29, 1.82) is 0 Å². The molecular weight excluding hydrogens is 398 g/mol. The van der Waals surface area contributed by atoms with Crippen molar-refractivity contribution in [2.75, 3.05) is 13.2 Å². The molecule has 2 aromatic heterocycles. The summed E-state index contributed by atoms with van der Waals surface area (Å²) in [6.07, 6.45) is 4.49. The van der Waals surface area contributed by atoms with Gasteiger partial charge in [-0.25, -0.2) is 0 Å². The third-order valence-electron chi connectivity index (χ3n) is 4.31. The Kier molecular flexibility index (Phi) is 5.90. The van der Waals surface area contributed by atoms with Crippen LogP contribution in [0.15, 0.2) is 66.0 Å². The van der Waals surface area contributed by atoms with Gasteiger partial charge in [-0.2, -0.15) is 9.50 Å². The van der Waals surface area contributed by atoms with E-state index in [0.29, 0.717) is 28.5 Å². The summed E-state index contributed by atoms with van der Waals surface area (Å²) in [7, 11) is 0. The quantitative estimate of drug-likeness (QED) is 0.407. The van der Waals surface area contributed by atoms with Crippen molar-refractivity contribution in [3.63, 3.8) is 0 Å². The van der Waals surface area contributed by atoms with Crippen LogP contribution in [0.4, 0.5) is 0 Å². The maximum Gasteiger partial charge on any atom is 0.291 e. The molecule has 4 rings (SSSR count). The maximum absolute atomic E-state index is 12.7.